The van der Waals surface area contributed by atoms with Gasteiger partial charge in [0.05, 0.1) is 5.92 Å². The molecule has 2 aromatic rings. The van der Waals surface area contributed by atoms with Crippen molar-refractivity contribution < 1.29 is 4.79 Å². The summed E-state index contributed by atoms with van der Waals surface area (Å²) in [5.74, 6) is 1.57. The number of benzene rings is 2. The molecule has 0 bridgehead atoms. The number of rotatable bonds is 8. The lowest BCUT2D eigenvalue weighted by Crippen LogP contribution is -2.51. The monoisotopic (exact) mass is 593 g/mol. The highest BCUT2D eigenvalue weighted by Gasteiger charge is 2.43. The lowest BCUT2D eigenvalue weighted by molar-refractivity contribution is -0.135. The fourth-order valence-corrected chi connectivity index (χ4v) is 7.53. The van der Waals surface area contributed by atoms with E-state index in [-0.39, 0.29) is 17.9 Å². The fraction of sp³-hybridized carbons (Fsp3) is 0.629. The van der Waals surface area contributed by atoms with E-state index < -0.39 is 0 Å². The van der Waals surface area contributed by atoms with Crippen molar-refractivity contribution in [3.8, 4) is 0 Å². The van der Waals surface area contributed by atoms with Crippen molar-refractivity contribution in [1.29, 1.82) is 0 Å². The largest absolute Gasteiger partial charge is 0.368 e. The summed E-state index contributed by atoms with van der Waals surface area (Å²) in [4.78, 5) is 24.0. The molecule has 6 nitrogen and oxygen atoms in total. The molecule has 3 heterocycles. The van der Waals surface area contributed by atoms with Gasteiger partial charge in [-0.1, -0.05) is 69.1 Å². The zero-order valence-electron chi connectivity index (χ0n) is 26.4. The van der Waals surface area contributed by atoms with Crippen LogP contribution in [-0.2, 0) is 4.79 Å². The smallest absolute Gasteiger partial charge is 0.227 e. The molecule has 3 aliphatic heterocycles. The Kier molecular flexibility index (Phi) is 10.2. The van der Waals surface area contributed by atoms with Crippen LogP contribution in [-0.4, -0.2) is 85.6 Å². The molecular weight excluding hydrogens is 542 g/mol. The minimum Gasteiger partial charge on any atom is -0.368 e. The number of hydrogen-bond donors (Lipinski definition) is 1. The first-order valence-electron chi connectivity index (χ1n) is 16.2. The van der Waals surface area contributed by atoms with Crippen LogP contribution in [0.4, 0.5) is 5.69 Å². The van der Waals surface area contributed by atoms with Gasteiger partial charge in [0.15, 0.2) is 0 Å². The van der Waals surface area contributed by atoms with Crippen LogP contribution in [0, 0.1) is 24.7 Å². The standard InChI is InChI=1S/C35H52ClN5O/c1-24(2)21-38-14-12-29(13-15-38)41-22-31(27-7-9-28(36)10-8-27)32(23-41)35(42)40-18-16-39(17-19-40)33-11-6-26(5)20-30(33)34(37)25(3)4/h6-11,20,24-25,29,31-32,34H,12-19,21-23,37H2,1-5H3/t31-,32+,34-/m0/s1. The number of aryl methyl sites for hydroxylation is 1. The number of piperidine rings is 1. The summed E-state index contributed by atoms with van der Waals surface area (Å²) >= 11 is 6.26. The summed E-state index contributed by atoms with van der Waals surface area (Å²) in [5.41, 5.74) is 11.6. The molecule has 42 heavy (non-hydrogen) atoms. The van der Waals surface area contributed by atoms with E-state index in [0.29, 0.717) is 23.8 Å². The molecule has 0 saturated carbocycles. The first kappa shape index (κ1) is 31.3. The summed E-state index contributed by atoms with van der Waals surface area (Å²) in [6, 6.07) is 15.4. The minimum atomic E-state index is -0.0179. The molecule has 230 valence electrons. The number of piperazine rings is 1. The van der Waals surface area contributed by atoms with Gasteiger partial charge in [-0.15, -0.1) is 0 Å². The van der Waals surface area contributed by atoms with Crippen LogP contribution >= 0.6 is 11.6 Å². The number of hydrogen-bond acceptors (Lipinski definition) is 5. The second kappa shape index (κ2) is 13.7. The van der Waals surface area contributed by atoms with Crippen molar-refractivity contribution in [2.45, 2.75) is 65.5 Å². The molecule has 2 aromatic carbocycles. The third kappa shape index (κ3) is 7.15. The molecule has 0 unspecified atom stereocenters. The van der Waals surface area contributed by atoms with E-state index in [9.17, 15) is 4.79 Å². The zero-order valence-corrected chi connectivity index (χ0v) is 27.2. The molecule has 2 N–H and O–H groups in total. The Labute approximate surface area is 259 Å². The van der Waals surface area contributed by atoms with Crippen LogP contribution < -0.4 is 10.6 Å². The first-order valence-corrected chi connectivity index (χ1v) is 16.6. The molecule has 3 fully saturated rings. The molecule has 0 aromatic heterocycles. The molecule has 7 heteroatoms. The maximum atomic E-state index is 14.2. The summed E-state index contributed by atoms with van der Waals surface area (Å²) in [6.45, 7) is 19.6. The number of halogens is 1. The van der Waals surface area contributed by atoms with Crippen molar-refractivity contribution in [3.63, 3.8) is 0 Å². The van der Waals surface area contributed by atoms with Gasteiger partial charge in [-0.25, -0.2) is 0 Å². The Balaban J connectivity index is 1.27. The maximum absolute atomic E-state index is 14.2. The van der Waals surface area contributed by atoms with Gasteiger partial charge in [0.1, 0.15) is 0 Å². The van der Waals surface area contributed by atoms with E-state index in [1.807, 2.05) is 12.1 Å². The third-order valence-corrected chi connectivity index (χ3v) is 10.1. The minimum absolute atomic E-state index is 0.00130. The average molecular weight is 594 g/mol. The van der Waals surface area contributed by atoms with Crippen LogP contribution in [0.3, 0.4) is 0 Å². The van der Waals surface area contributed by atoms with E-state index in [2.05, 4.69) is 84.6 Å². The summed E-state index contributed by atoms with van der Waals surface area (Å²) in [7, 11) is 0. The van der Waals surface area contributed by atoms with E-state index in [0.717, 1.165) is 57.4 Å². The Morgan fingerprint density at radius 3 is 2.21 bits per heavy atom. The van der Waals surface area contributed by atoms with Crippen molar-refractivity contribution in [2.75, 3.05) is 63.8 Å². The Hall–Kier alpha value is -2.12. The number of nitrogens with zero attached hydrogens (tertiary/aromatic N) is 4. The Bertz CT molecular complexity index is 1180. The molecule has 0 radical (unpaired) electrons. The van der Waals surface area contributed by atoms with Gasteiger partial charge >= 0.3 is 0 Å². The summed E-state index contributed by atoms with van der Waals surface area (Å²) in [6.07, 6.45) is 2.38. The second-order valence-electron chi connectivity index (χ2n) is 13.8. The van der Waals surface area contributed by atoms with E-state index in [1.165, 1.54) is 41.8 Å². The molecule has 5 rings (SSSR count). The average Bonchev–Trinajstić information content (AvgIpc) is 3.42. The van der Waals surface area contributed by atoms with E-state index in [1.54, 1.807) is 0 Å². The number of anilines is 1. The van der Waals surface area contributed by atoms with Crippen LogP contribution in [0.15, 0.2) is 42.5 Å². The molecule has 0 spiro atoms. The van der Waals surface area contributed by atoms with Gasteiger partial charge in [0, 0.05) is 74.5 Å². The Morgan fingerprint density at radius 2 is 1.60 bits per heavy atom. The predicted molar refractivity (Wildman–Crippen MR) is 175 cm³/mol. The van der Waals surface area contributed by atoms with Crippen LogP contribution in [0.1, 0.15) is 69.2 Å². The van der Waals surface area contributed by atoms with E-state index in [4.69, 9.17) is 17.3 Å². The maximum Gasteiger partial charge on any atom is 0.227 e. The van der Waals surface area contributed by atoms with Crippen molar-refractivity contribution >= 4 is 23.2 Å². The number of carbonyl (C=O) groups is 1. The zero-order chi connectivity index (χ0) is 30.0. The molecule has 3 atom stereocenters. The van der Waals surface area contributed by atoms with Crippen molar-refractivity contribution in [3.05, 3.63) is 64.2 Å². The molecular formula is C35H52ClN5O. The highest BCUT2D eigenvalue weighted by molar-refractivity contribution is 6.30. The van der Waals surface area contributed by atoms with E-state index >= 15 is 0 Å². The van der Waals surface area contributed by atoms with Gasteiger partial charge < -0.3 is 20.4 Å². The molecule has 3 aliphatic rings. The van der Waals surface area contributed by atoms with Gasteiger partial charge in [0.2, 0.25) is 5.91 Å². The lowest BCUT2D eigenvalue weighted by atomic mass is 9.88. The molecule has 1 amide bonds. The highest BCUT2D eigenvalue weighted by Crippen LogP contribution is 2.38. The number of nitrogens with two attached hydrogens (primary N) is 1. The van der Waals surface area contributed by atoms with Gasteiger partial charge in [-0.05, 0) is 74.0 Å². The lowest BCUT2D eigenvalue weighted by Gasteiger charge is -2.39. The van der Waals surface area contributed by atoms with Crippen LogP contribution in [0.5, 0.6) is 0 Å². The van der Waals surface area contributed by atoms with Crippen molar-refractivity contribution in [2.24, 2.45) is 23.5 Å². The quantitative estimate of drug-likeness (QED) is 0.420. The number of carbonyl (C=O) groups excluding carboxylic acids is 1. The fourth-order valence-electron chi connectivity index (χ4n) is 7.40. The third-order valence-electron chi connectivity index (χ3n) is 9.85. The SMILES string of the molecule is Cc1ccc(N2CCN(C(=O)[C@@H]3CN(C4CCN(CC(C)C)CC4)C[C@H]3c3ccc(Cl)cc3)CC2)c([C@@H](N)C(C)C)c1. The second-order valence-corrected chi connectivity index (χ2v) is 14.2. The normalized spacial score (nSPS) is 23.7. The summed E-state index contributed by atoms with van der Waals surface area (Å²) < 4.78 is 0. The van der Waals surface area contributed by atoms with Crippen LogP contribution in [0.25, 0.3) is 0 Å². The van der Waals surface area contributed by atoms with Crippen LogP contribution in [0.2, 0.25) is 5.02 Å². The topological polar surface area (TPSA) is 56.0 Å². The first-order chi connectivity index (χ1) is 20.1. The number of likely N-dealkylation sites (tertiary alicyclic amines) is 2. The molecule has 0 aliphatic carbocycles. The van der Waals surface area contributed by atoms with Gasteiger partial charge in [-0.2, -0.15) is 0 Å². The summed E-state index contributed by atoms with van der Waals surface area (Å²) in [5, 5.41) is 0.748. The predicted octanol–water partition coefficient (Wildman–Crippen LogP) is 5.79. The highest BCUT2D eigenvalue weighted by atomic mass is 35.5. The Morgan fingerprint density at radius 1 is 0.929 bits per heavy atom. The van der Waals surface area contributed by atoms with Crippen molar-refractivity contribution in [1.82, 2.24) is 14.7 Å². The van der Waals surface area contributed by atoms with Gasteiger partial charge in [-0.3, -0.25) is 9.69 Å². The molecule has 3 saturated heterocycles. The van der Waals surface area contributed by atoms with Gasteiger partial charge in [0.25, 0.3) is 0 Å². The number of amides is 1.